The number of ether oxygens (including phenoxy) is 2. The van der Waals surface area contributed by atoms with Crippen LogP contribution < -0.4 is 0 Å². The molecule has 1 saturated carbocycles. The average Bonchev–Trinajstić information content (AvgIpc) is 2.53. The second kappa shape index (κ2) is 11.7. The van der Waals surface area contributed by atoms with Gasteiger partial charge in [0.2, 0.25) is 0 Å². The van der Waals surface area contributed by atoms with Crippen molar-refractivity contribution in [2.75, 3.05) is 13.2 Å². The van der Waals surface area contributed by atoms with Gasteiger partial charge in [-0.2, -0.15) is 0 Å². The number of hydrogen-bond donors (Lipinski definition) is 1. The lowest BCUT2D eigenvalue weighted by Gasteiger charge is -2.42. The summed E-state index contributed by atoms with van der Waals surface area (Å²) in [5.41, 5.74) is -0.332. The van der Waals surface area contributed by atoms with E-state index in [-0.39, 0.29) is 5.60 Å². The molecule has 0 aromatic carbocycles. The molecule has 24 heavy (non-hydrogen) atoms. The van der Waals surface area contributed by atoms with Crippen LogP contribution in [0.3, 0.4) is 0 Å². The quantitative estimate of drug-likeness (QED) is 0.400. The van der Waals surface area contributed by atoms with Gasteiger partial charge in [-0.15, -0.1) is 0 Å². The molecule has 0 aromatic rings. The van der Waals surface area contributed by atoms with Crippen LogP contribution in [0.5, 0.6) is 0 Å². The predicted molar refractivity (Wildman–Crippen MR) is 97.0 cm³/mol. The van der Waals surface area contributed by atoms with Gasteiger partial charge >= 0.3 is 6.16 Å². The first-order chi connectivity index (χ1) is 11.5. The van der Waals surface area contributed by atoms with Crippen LogP contribution >= 0.6 is 0 Å². The van der Waals surface area contributed by atoms with Crippen molar-refractivity contribution in [2.24, 2.45) is 11.8 Å². The minimum Gasteiger partial charge on any atom is -0.434 e. The number of unbranched alkanes of at least 4 members (excludes halogenated alkanes) is 6. The number of aliphatic hydroxyl groups excluding tert-OH is 1. The van der Waals surface area contributed by atoms with Gasteiger partial charge in [-0.25, -0.2) is 4.79 Å². The van der Waals surface area contributed by atoms with Gasteiger partial charge < -0.3 is 14.6 Å². The van der Waals surface area contributed by atoms with Crippen LogP contribution in [0.1, 0.15) is 91.4 Å². The maximum Gasteiger partial charge on any atom is 0.508 e. The highest BCUT2D eigenvalue weighted by atomic mass is 16.7. The normalized spacial score (nSPS) is 24.1. The molecule has 4 nitrogen and oxygen atoms in total. The van der Waals surface area contributed by atoms with Crippen LogP contribution in [0, 0.1) is 11.8 Å². The van der Waals surface area contributed by atoms with E-state index in [1.54, 1.807) is 0 Å². The summed E-state index contributed by atoms with van der Waals surface area (Å²) in [6.45, 7) is 7.28. The summed E-state index contributed by atoms with van der Waals surface area (Å²) in [5.74, 6) is 0.937. The van der Waals surface area contributed by atoms with Crippen molar-refractivity contribution in [3.8, 4) is 0 Å². The highest BCUT2D eigenvalue weighted by Crippen LogP contribution is 2.40. The molecular formula is C20H38O4. The first-order valence-electron chi connectivity index (χ1n) is 9.97. The molecule has 0 spiro atoms. The Morgan fingerprint density at radius 1 is 1.12 bits per heavy atom. The molecule has 1 fully saturated rings. The third-order valence-electron chi connectivity index (χ3n) is 5.35. The van der Waals surface area contributed by atoms with E-state index in [0.29, 0.717) is 25.0 Å². The lowest BCUT2D eigenvalue weighted by molar-refractivity contribution is -0.0904. The van der Waals surface area contributed by atoms with Crippen LogP contribution in [0.4, 0.5) is 4.79 Å². The molecule has 2 unspecified atom stereocenters. The van der Waals surface area contributed by atoms with Crippen molar-refractivity contribution in [1.82, 2.24) is 0 Å². The van der Waals surface area contributed by atoms with E-state index in [2.05, 4.69) is 20.8 Å². The Balaban J connectivity index is 2.16. The van der Waals surface area contributed by atoms with Crippen molar-refractivity contribution in [1.29, 1.82) is 0 Å². The maximum atomic E-state index is 12.1. The van der Waals surface area contributed by atoms with Gasteiger partial charge in [-0.1, -0.05) is 59.3 Å². The molecule has 2 atom stereocenters. The molecule has 0 radical (unpaired) electrons. The van der Waals surface area contributed by atoms with E-state index in [0.717, 1.165) is 51.4 Å². The molecule has 1 aliphatic rings. The molecule has 1 N–H and O–H groups in total. The molecule has 142 valence electrons. The third kappa shape index (κ3) is 7.87. The number of rotatable bonds is 11. The first-order valence-corrected chi connectivity index (χ1v) is 9.97. The SMILES string of the molecule is CC1CCCC(OC(=O)OCCCCCCCCCO)(C(C)C)C1. The topological polar surface area (TPSA) is 55.8 Å². The molecule has 1 rings (SSSR count). The Labute approximate surface area is 148 Å². The summed E-state index contributed by atoms with van der Waals surface area (Å²) in [4.78, 5) is 12.1. The Bertz CT molecular complexity index is 343. The summed E-state index contributed by atoms with van der Waals surface area (Å²) >= 11 is 0. The molecular weight excluding hydrogens is 304 g/mol. The fourth-order valence-corrected chi connectivity index (χ4v) is 3.73. The summed E-state index contributed by atoms with van der Waals surface area (Å²) in [5, 5.41) is 8.72. The van der Waals surface area contributed by atoms with E-state index in [9.17, 15) is 4.79 Å². The van der Waals surface area contributed by atoms with Gasteiger partial charge in [0.25, 0.3) is 0 Å². The van der Waals surface area contributed by atoms with E-state index in [1.807, 2.05) is 0 Å². The smallest absolute Gasteiger partial charge is 0.434 e. The number of hydrogen-bond acceptors (Lipinski definition) is 4. The zero-order valence-corrected chi connectivity index (χ0v) is 16.0. The summed E-state index contributed by atoms with van der Waals surface area (Å²) in [6, 6.07) is 0. The molecule has 0 amide bonds. The van der Waals surface area contributed by atoms with Gasteiger partial charge in [-0.05, 0) is 43.9 Å². The Morgan fingerprint density at radius 3 is 2.33 bits per heavy atom. The van der Waals surface area contributed by atoms with Crippen molar-refractivity contribution in [3.05, 3.63) is 0 Å². The third-order valence-corrected chi connectivity index (χ3v) is 5.35. The zero-order chi connectivity index (χ0) is 17.8. The molecule has 0 aliphatic heterocycles. The highest BCUT2D eigenvalue weighted by Gasteiger charge is 2.41. The fraction of sp³-hybridized carbons (Fsp3) is 0.950. The minimum atomic E-state index is -0.485. The summed E-state index contributed by atoms with van der Waals surface area (Å²) < 4.78 is 11.1. The number of aliphatic hydroxyl groups is 1. The van der Waals surface area contributed by atoms with Crippen molar-refractivity contribution in [2.45, 2.75) is 97.0 Å². The number of carbonyl (C=O) groups excluding carboxylic acids is 1. The van der Waals surface area contributed by atoms with E-state index >= 15 is 0 Å². The largest absolute Gasteiger partial charge is 0.508 e. The summed E-state index contributed by atoms with van der Waals surface area (Å²) in [7, 11) is 0. The zero-order valence-electron chi connectivity index (χ0n) is 16.0. The van der Waals surface area contributed by atoms with Crippen LogP contribution in [0.25, 0.3) is 0 Å². The second-order valence-corrected chi connectivity index (χ2v) is 7.82. The molecule has 0 saturated heterocycles. The predicted octanol–water partition coefficient (Wildman–Crippen LogP) is 5.47. The van der Waals surface area contributed by atoms with Gasteiger partial charge in [0.15, 0.2) is 0 Å². The Morgan fingerprint density at radius 2 is 1.75 bits per heavy atom. The highest BCUT2D eigenvalue weighted by molar-refractivity contribution is 5.60. The van der Waals surface area contributed by atoms with E-state index < -0.39 is 6.16 Å². The minimum absolute atomic E-state index is 0.298. The van der Waals surface area contributed by atoms with Crippen LogP contribution in [0.15, 0.2) is 0 Å². The summed E-state index contributed by atoms with van der Waals surface area (Å²) in [6.07, 6.45) is 11.3. The number of carbonyl (C=O) groups is 1. The van der Waals surface area contributed by atoms with Gasteiger partial charge in [-0.3, -0.25) is 0 Å². The Hall–Kier alpha value is -0.770. The Kier molecular flexibility index (Phi) is 10.4. The first kappa shape index (κ1) is 21.3. The van der Waals surface area contributed by atoms with E-state index in [1.165, 1.54) is 19.3 Å². The second-order valence-electron chi connectivity index (χ2n) is 7.82. The van der Waals surface area contributed by atoms with Crippen LogP contribution in [-0.4, -0.2) is 30.1 Å². The van der Waals surface area contributed by atoms with Crippen molar-refractivity contribution >= 4 is 6.16 Å². The maximum absolute atomic E-state index is 12.1. The van der Waals surface area contributed by atoms with Crippen LogP contribution in [-0.2, 0) is 9.47 Å². The van der Waals surface area contributed by atoms with Gasteiger partial charge in [0, 0.05) is 6.61 Å². The van der Waals surface area contributed by atoms with Crippen LogP contribution in [0.2, 0.25) is 0 Å². The van der Waals surface area contributed by atoms with Gasteiger partial charge in [0.1, 0.15) is 5.60 Å². The molecule has 0 heterocycles. The lowest BCUT2D eigenvalue weighted by Crippen LogP contribution is -2.44. The monoisotopic (exact) mass is 342 g/mol. The van der Waals surface area contributed by atoms with Gasteiger partial charge in [0.05, 0.1) is 6.61 Å². The van der Waals surface area contributed by atoms with Crippen molar-refractivity contribution in [3.63, 3.8) is 0 Å². The lowest BCUT2D eigenvalue weighted by atomic mass is 9.73. The van der Waals surface area contributed by atoms with Crippen molar-refractivity contribution < 1.29 is 19.4 Å². The fourth-order valence-electron chi connectivity index (χ4n) is 3.73. The standard InChI is InChI=1S/C20H38O4/c1-17(2)20(13-11-12-18(3)16-20)24-19(22)23-15-10-8-6-4-5-7-9-14-21/h17-18,21H,4-16H2,1-3H3. The molecule has 4 heteroatoms. The van der Waals surface area contributed by atoms with E-state index in [4.69, 9.17) is 14.6 Å². The molecule has 1 aliphatic carbocycles. The average molecular weight is 343 g/mol. The molecule has 0 aromatic heterocycles. The molecule has 0 bridgehead atoms.